The number of hydrogen-bond acceptors (Lipinski definition) is 6. The Kier molecular flexibility index (Phi) is 5.02. The van der Waals surface area contributed by atoms with Crippen LogP contribution >= 0.6 is 15.9 Å². The highest BCUT2D eigenvalue weighted by Crippen LogP contribution is 2.20. The minimum atomic E-state index is 0.331. The molecule has 0 saturated heterocycles. The topological polar surface area (TPSA) is 94.2 Å². The maximum Gasteiger partial charge on any atom is 0.227 e. The number of rotatable bonds is 4. The van der Waals surface area contributed by atoms with E-state index in [1.165, 1.54) is 0 Å². The van der Waals surface area contributed by atoms with Crippen molar-refractivity contribution in [3.05, 3.63) is 82.1 Å². The number of halogens is 1. The number of nitrogens with one attached hydrogen (secondary N) is 1. The van der Waals surface area contributed by atoms with Crippen LogP contribution < -0.4 is 5.32 Å². The Balaban J connectivity index is 1.90. The summed E-state index contributed by atoms with van der Waals surface area (Å²) in [7, 11) is 0. The molecule has 2 N–H and O–H groups in total. The van der Waals surface area contributed by atoms with Gasteiger partial charge in [0.1, 0.15) is 5.71 Å². The second-order valence-electron chi connectivity index (χ2n) is 5.01. The monoisotopic (exact) mass is 393 g/mol. The number of aromatic nitrogens is 2. The van der Waals surface area contributed by atoms with Crippen LogP contribution in [0.5, 0.6) is 0 Å². The van der Waals surface area contributed by atoms with E-state index < -0.39 is 0 Å². The quantitative estimate of drug-likeness (QED) is 0.395. The molecule has 7 heteroatoms. The SMILES string of the molecule is N#Cc1ccc(Nc2nccc(/C(=N/O)c3ccccc3Br)n2)cc1. The third-order valence-electron chi connectivity index (χ3n) is 3.40. The van der Waals surface area contributed by atoms with Crippen LogP contribution in [0.25, 0.3) is 0 Å². The standard InChI is InChI=1S/C18H12BrN5O/c19-15-4-2-1-3-14(15)17(24-25)16-9-10-21-18(23-16)22-13-7-5-12(11-20)6-8-13/h1-10,25H,(H,21,22,23)/b24-17+. The van der Waals surface area contributed by atoms with Crippen molar-refractivity contribution in [3.63, 3.8) is 0 Å². The molecule has 122 valence electrons. The average molecular weight is 394 g/mol. The molecule has 0 bridgehead atoms. The first kappa shape index (κ1) is 16.6. The molecule has 0 aliphatic heterocycles. The van der Waals surface area contributed by atoms with Crippen molar-refractivity contribution < 1.29 is 5.21 Å². The van der Waals surface area contributed by atoms with Gasteiger partial charge in [-0.3, -0.25) is 0 Å². The summed E-state index contributed by atoms with van der Waals surface area (Å²) in [5, 5.41) is 24.7. The number of anilines is 2. The zero-order chi connectivity index (χ0) is 17.6. The number of benzene rings is 2. The Hall–Kier alpha value is -3.24. The fraction of sp³-hybridized carbons (Fsp3) is 0. The number of oxime groups is 1. The highest BCUT2D eigenvalue weighted by atomic mass is 79.9. The minimum Gasteiger partial charge on any atom is -0.410 e. The molecule has 0 fully saturated rings. The summed E-state index contributed by atoms with van der Waals surface area (Å²) in [5.41, 5.74) is 2.84. The number of hydrogen-bond donors (Lipinski definition) is 2. The highest BCUT2D eigenvalue weighted by molar-refractivity contribution is 9.10. The molecule has 0 saturated carbocycles. The molecule has 25 heavy (non-hydrogen) atoms. The van der Waals surface area contributed by atoms with Gasteiger partial charge in [-0.2, -0.15) is 5.26 Å². The van der Waals surface area contributed by atoms with Crippen LogP contribution in [0.15, 0.2) is 70.4 Å². The van der Waals surface area contributed by atoms with Gasteiger partial charge >= 0.3 is 0 Å². The number of nitrogens with zero attached hydrogens (tertiary/aromatic N) is 4. The second-order valence-corrected chi connectivity index (χ2v) is 5.86. The van der Waals surface area contributed by atoms with Crippen LogP contribution in [0.4, 0.5) is 11.6 Å². The highest BCUT2D eigenvalue weighted by Gasteiger charge is 2.13. The molecule has 0 atom stereocenters. The van der Waals surface area contributed by atoms with Crippen molar-refractivity contribution in [1.29, 1.82) is 5.26 Å². The lowest BCUT2D eigenvalue weighted by molar-refractivity contribution is 0.319. The van der Waals surface area contributed by atoms with Gasteiger partial charge in [0.15, 0.2) is 0 Å². The van der Waals surface area contributed by atoms with E-state index in [0.29, 0.717) is 28.5 Å². The number of nitriles is 1. The largest absolute Gasteiger partial charge is 0.410 e. The summed E-state index contributed by atoms with van der Waals surface area (Å²) in [6.45, 7) is 0. The normalized spacial score (nSPS) is 11.0. The second kappa shape index (κ2) is 7.55. The first-order valence-corrected chi connectivity index (χ1v) is 8.08. The molecule has 3 rings (SSSR count). The zero-order valence-electron chi connectivity index (χ0n) is 12.9. The van der Waals surface area contributed by atoms with Crippen LogP contribution in [0.1, 0.15) is 16.8 Å². The van der Waals surface area contributed by atoms with Crippen molar-refractivity contribution in [2.24, 2.45) is 5.16 Å². The molecule has 6 nitrogen and oxygen atoms in total. The molecule has 1 heterocycles. The average Bonchev–Trinajstić information content (AvgIpc) is 2.65. The smallest absolute Gasteiger partial charge is 0.227 e. The van der Waals surface area contributed by atoms with Crippen molar-refractivity contribution >= 4 is 33.3 Å². The molecule has 0 aliphatic carbocycles. The lowest BCUT2D eigenvalue weighted by Gasteiger charge is -2.09. The van der Waals surface area contributed by atoms with Gasteiger partial charge in [-0.25, -0.2) is 9.97 Å². The van der Waals surface area contributed by atoms with Crippen LogP contribution in [-0.2, 0) is 0 Å². The van der Waals surface area contributed by atoms with E-state index >= 15 is 0 Å². The van der Waals surface area contributed by atoms with E-state index in [-0.39, 0.29) is 0 Å². The molecule has 0 unspecified atom stereocenters. The third-order valence-corrected chi connectivity index (χ3v) is 4.09. The Morgan fingerprint density at radius 1 is 1.12 bits per heavy atom. The van der Waals surface area contributed by atoms with Crippen LogP contribution in [0.2, 0.25) is 0 Å². The summed E-state index contributed by atoms with van der Waals surface area (Å²) < 4.78 is 0.794. The van der Waals surface area contributed by atoms with Crippen LogP contribution in [0, 0.1) is 11.3 Å². The summed E-state index contributed by atoms with van der Waals surface area (Å²) in [4.78, 5) is 8.57. The molecule has 2 aromatic carbocycles. The molecule has 0 spiro atoms. The first-order chi connectivity index (χ1) is 12.2. The van der Waals surface area contributed by atoms with Crippen molar-refractivity contribution in [2.75, 3.05) is 5.32 Å². The van der Waals surface area contributed by atoms with E-state index in [9.17, 15) is 5.21 Å². The molecule has 1 aromatic heterocycles. The summed E-state index contributed by atoms with van der Waals surface area (Å²) in [6, 6.07) is 18.1. The molecule has 3 aromatic rings. The summed E-state index contributed by atoms with van der Waals surface area (Å²) in [6.07, 6.45) is 1.58. The summed E-state index contributed by atoms with van der Waals surface area (Å²) in [5.74, 6) is 0.357. The van der Waals surface area contributed by atoms with Gasteiger partial charge in [-0.1, -0.05) is 39.3 Å². The lowest BCUT2D eigenvalue weighted by Crippen LogP contribution is -2.09. The Labute approximate surface area is 152 Å². The summed E-state index contributed by atoms with van der Waals surface area (Å²) >= 11 is 3.44. The van der Waals surface area contributed by atoms with Crippen LogP contribution in [-0.4, -0.2) is 20.9 Å². The van der Waals surface area contributed by atoms with Crippen molar-refractivity contribution in [2.45, 2.75) is 0 Å². The predicted molar refractivity (Wildman–Crippen MR) is 98.0 cm³/mol. The Morgan fingerprint density at radius 3 is 2.56 bits per heavy atom. The van der Waals surface area contributed by atoms with Gasteiger partial charge in [-0.05, 0) is 36.4 Å². The fourth-order valence-corrected chi connectivity index (χ4v) is 2.68. The van der Waals surface area contributed by atoms with E-state index in [4.69, 9.17) is 5.26 Å². The fourth-order valence-electron chi connectivity index (χ4n) is 2.20. The molecule has 0 amide bonds. The Bertz CT molecular complexity index is 964. The maximum absolute atomic E-state index is 9.45. The molecule has 0 radical (unpaired) electrons. The molecule has 0 aliphatic rings. The van der Waals surface area contributed by atoms with E-state index in [1.807, 2.05) is 24.3 Å². The third kappa shape index (κ3) is 3.82. The van der Waals surface area contributed by atoms with E-state index in [1.54, 1.807) is 36.5 Å². The predicted octanol–water partition coefficient (Wildman–Crippen LogP) is 4.08. The van der Waals surface area contributed by atoms with Crippen LogP contribution in [0.3, 0.4) is 0 Å². The van der Waals surface area contributed by atoms with E-state index in [0.717, 1.165) is 10.2 Å². The van der Waals surface area contributed by atoms with Gasteiger partial charge in [-0.15, -0.1) is 0 Å². The van der Waals surface area contributed by atoms with Gasteiger partial charge in [0, 0.05) is 21.9 Å². The molecular weight excluding hydrogens is 382 g/mol. The van der Waals surface area contributed by atoms with E-state index in [2.05, 4.69) is 42.4 Å². The van der Waals surface area contributed by atoms with Gasteiger partial charge in [0.2, 0.25) is 5.95 Å². The lowest BCUT2D eigenvalue weighted by atomic mass is 10.1. The zero-order valence-corrected chi connectivity index (χ0v) is 14.5. The first-order valence-electron chi connectivity index (χ1n) is 7.29. The maximum atomic E-state index is 9.45. The van der Waals surface area contributed by atoms with Gasteiger partial charge < -0.3 is 10.5 Å². The Morgan fingerprint density at radius 2 is 1.88 bits per heavy atom. The van der Waals surface area contributed by atoms with Gasteiger partial charge in [0.05, 0.1) is 17.3 Å². The molecular formula is C18H12BrN5O. The van der Waals surface area contributed by atoms with Crippen molar-refractivity contribution in [3.8, 4) is 6.07 Å². The van der Waals surface area contributed by atoms with Gasteiger partial charge in [0.25, 0.3) is 0 Å². The van der Waals surface area contributed by atoms with Crippen molar-refractivity contribution in [1.82, 2.24) is 9.97 Å². The minimum absolute atomic E-state index is 0.331.